The highest BCUT2D eigenvalue weighted by Crippen LogP contribution is 2.26. The van der Waals surface area contributed by atoms with Gasteiger partial charge in [-0.25, -0.2) is 8.42 Å². The number of hydrogen-bond acceptors (Lipinski definition) is 5. The van der Waals surface area contributed by atoms with E-state index in [9.17, 15) is 13.2 Å². The average Bonchev–Trinajstić information content (AvgIpc) is 2.74. The number of fused-ring (bicyclic) bond motifs is 1. The van der Waals surface area contributed by atoms with E-state index in [1.54, 1.807) is 31.4 Å². The molecule has 2 aromatic rings. The van der Waals surface area contributed by atoms with Gasteiger partial charge in [-0.05, 0) is 55.2 Å². The van der Waals surface area contributed by atoms with E-state index in [0.29, 0.717) is 18.0 Å². The highest BCUT2D eigenvalue weighted by Gasteiger charge is 2.21. The number of carbonyl (C=O) groups is 1. The van der Waals surface area contributed by atoms with Crippen LogP contribution in [0.25, 0.3) is 0 Å². The normalized spacial score (nSPS) is 13.5. The van der Waals surface area contributed by atoms with E-state index in [0.717, 1.165) is 42.9 Å². The van der Waals surface area contributed by atoms with Crippen molar-refractivity contribution in [1.82, 2.24) is 5.32 Å². The van der Waals surface area contributed by atoms with Crippen molar-refractivity contribution < 1.29 is 17.9 Å². The lowest BCUT2D eigenvalue weighted by atomic mass is 10.0. The molecule has 7 nitrogen and oxygen atoms in total. The van der Waals surface area contributed by atoms with E-state index < -0.39 is 10.0 Å². The number of para-hydroxylation sites is 1. The van der Waals surface area contributed by atoms with Crippen LogP contribution in [0, 0.1) is 0 Å². The minimum atomic E-state index is -3.59. The molecule has 0 aliphatic carbocycles. The fourth-order valence-corrected chi connectivity index (χ4v) is 4.53. The van der Waals surface area contributed by atoms with Crippen molar-refractivity contribution in [3.8, 4) is 5.75 Å². The number of methoxy groups -OCH3 is 1. The maximum absolute atomic E-state index is 12.4. The number of ether oxygens (including phenoxy) is 1. The first-order chi connectivity index (χ1) is 14.4. The van der Waals surface area contributed by atoms with Gasteiger partial charge < -0.3 is 15.0 Å². The Kier molecular flexibility index (Phi) is 7.20. The molecule has 2 aromatic carbocycles. The quantitative estimate of drug-likeness (QED) is 0.617. The highest BCUT2D eigenvalue weighted by atomic mass is 32.2. The van der Waals surface area contributed by atoms with Gasteiger partial charge in [-0.2, -0.15) is 0 Å². The fourth-order valence-electron chi connectivity index (χ4n) is 3.68. The molecule has 0 bridgehead atoms. The van der Waals surface area contributed by atoms with Crippen LogP contribution in [0.3, 0.4) is 0 Å². The third-order valence-corrected chi connectivity index (χ3v) is 6.32. The number of anilines is 2. The minimum Gasteiger partial charge on any atom is -0.497 e. The summed E-state index contributed by atoms with van der Waals surface area (Å²) in [7, 11) is -2.05. The topological polar surface area (TPSA) is 79.0 Å². The predicted molar refractivity (Wildman–Crippen MR) is 120 cm³/mol. The third-order valence-electron chi connectivity index (χ3n) is 5.18. The number of nitrogens with one attached hydrogen (secondary N) is 1. The summed E-state index contributed by atoms with van der Waals surface area (Å²) in [4.78, 5) is 14.7. The molecule has 0 saturated carbocycles. The SMILES string of the molecule is COc1ccc(N(CC(=O)NCCCN2CCCc3ccccc32)S(C)(=O)=O)cc1. The lowest BCUT2D eigenvalue weighted by Crippen LogP contribution is -2.41. The van der Waals surface area contributed by atoms with Gasteiger partial charge >= 0.3 is 0 Å². The molecule has 0 spiro atoms. The van der Waals surface area contributed by atoms with Gasteiger partial charge in [0.2, 0.25) is 15.9 Å². The Morgan fingerprint density at radius 3 is 2.60 bits per heavy atom. The van der Waals surface area contributed by atoms with Crippen LogP contribution in [0.5, 0.6) is 5.75 Å². The monoisotopic (exact) mass is 431 g/mol. The minimum absolute atomic E-state index is 0.252. The molecule has 8 heteroatoms. The van der Waals surface area contributed by atoms with Gasteiger partial charge in [0.25, 0.3) is 0 Å². The second-order valence-corrected chi connectivity index (χ2v) is 9.30. The summed E-state index contributed by atoms with van der Waals surface area (Å²) < 4.78 is 30.6. The van der Waals surface area contributed by atoms with E-state index in [1.165, 1.54) is 11.3 Å². The molecule has 30 heavy (non-hydrogen) atoms. The van der Waals surface area contributed by atoms with Crippen molar-refractivity contribution in [2.45, 2.75) is 19.3 Å². The molecule has 3 rings (SSSR count). The largest absolute Gasteiger partial charge is 0.497 e. The van der Waals surface area contributed by atoms with Crippen molar-refractivity contribution in [2.24, 2.45) is 0 Å². The van der Waals surface area contributed by atoms with Crippen LogP contribution < -0.4 is 19.3 Å². The molecular formula is C22H29N3O4S. The van der Waals surface area contributed by atoms with E-state index in [-0.39, 0.29) is 12.5 Å². The van der Waals surface area contributed by atoms with Gasteiger partial charge in [0.15, 0.2) is 0 Å². The molecule has 1 amide bonds. The Bertz CT molecular complexity index is 961. The van der Waals surface area contributed by atoms with Crippen molar-refractivity contribution in [2.75, 3.05) is 48.7 Å². The molecule has 0 radical (unpaired) electrons. The van der Waals surface area contributed by atoms with Gasteiger partial charge in [0.1, 0.15) is 12.3 Å². The van der Waals surface area contributed by atoms with Crippen molar-refractivity contribution in [3.05, 3.63) is 54.1 Å². The molecule has 1 aliphatic rings. The summed E-state index contributed by atoms with van der Waals surface area (Å²) in [5.74, 6) is 0.297. The lowest BCUT2D eigenvalue weighted by Gasteiger charge is -2.31. The number of hydrogen-bond donors (Lipinski definition) is 1. The Balaban J connectivity index is 1.51. The number of aryl methyl sites for hydroxylation is 1. The van der Waals surface area contributed by atoms with E-state index in [1.807, 2.05) is 0 Å². The number of rotatable bonds is 9. The van der Waals surface area contributed by atoms with E-state index in [2.05, 4.69) is 34.5 Å². The summed E-state index contributed by atoms with van der Waals surface area (Å²) in [5, 5.41) is 2.84. The summed E-state index contributed by atoms with van der Waals surface area (Å²) in [6.07, 6.45) is 4.13. The molecule has 0 saturated heterocycles. The molecule has 0 unspecified atom stereocenters. The highest BCUT2D eigenvalue weighted by molar-refractivity contribution is 7.92. The average molecular weight is 432 g/mol. The maximum Gasteiger partial charge on any atom is 0.240 e. The molecule has 0 atom stereocenters. The standard InChI is InChI=1S/C22H29N3O4S/c1-29-20-12-10-19(11-13-20)25(30(2,27)28)17-22(26)23-14-6-16-24-15-5-8-18-7-3-4-9-21(18)24/h3-4,7,9-13H,5-6,8,14-17H2,1-2H3,(H,23,26). The summed E-state index contributed by atoms with van der Waals surface area (Å²) in [6, 6.07) is 15.0. The van der Waals surface area contributed by atoms with Crippen molar-refractivity contribution in [3.63, 3.8) is 0 Å². The van der Waals surface area contributed by atoms with Gasteiger partial charge in [-0.1, -0.05) is 18.2 Å². The van der Waals surface area contributed by atoms with Gasteiger partial charge in [-0.15, -0.1) is 0 Å². The number of sulfonamides is 1. The predicted octanol–water partition coefficient (Wildman–Crippen LogP) is 2.42. The van der Waals surface area contributed by atoms with Crippen molar-refractivity contribution in [1.29, 1.82) is 0 Å². The van der Waals surface area contributed by atoms with Crippen LogP contribution in [0.4, 0.5) is 11.4 Å². The zero-order chi connectivity index (χ0) is 21.6. The molecule has 1 N–H and O–H groups in total. The Labute approximate surface area is 178 Å². The molecule has 162 valence electrons. The zero-order valence-electron chi connectivity index (χ0n) is 17.5. The molecule has 0 fully saturated rings. The fraction of sp³-hybridized carbons (Fsp3) is 0.409. The van der Waals surface area contributed by atoms with Crippen LogP contribution >= 0.6 is 0 Å². The number of nitrogens with zero attached hydrogens (tertiary/aromatic N) is 2. The summed E-state index contributed by atoms with van der Waals surface area (Å²) >= 11 is 0. The molecule has 0 aromatic heterocycles. The molecule has 1 aliphatic heterocycles. The second kappa shape index (κ2) is 9.84. The van der Waals surface area contributed by atoms with Crippen LogP contribution in [-0.2, 0) is 21.2 Å². The summed E-state index contributed by atoms with van der Waals surface area (Å²) in [5.41, 5.74) is 3.08. The first-order valence-corrected chi connectivity index (χ1v) is 11.9. The van der Waals surface area contributed by atoms with Gasteiger partial charge in [0.05, 0.1) is 19.1 Å². The van der Waals surface area contributed by atoms with Crippen LogP contribution in [-0.4, -0.2) is 53.9 Å². The van der Waals surface area contributed by atoms with Crippen LogP contribution in [0.15, 0.2) is 48.5 Å². The number of carbonyl (C=O) groups excluding carboxylic acids is 1. The second-order valence-electron chi connectivity index (χ2n) is 7.39. The van der Waals surface area contributed by atoms with Gasteiger partial charge in [-0.3, -0.25) is 9.10 Å². The van der Waals surface area contributed by atoms with E-state index in [4.69, 9.17) is 4.74 Å². The zero-order valence-corrected chi connectivity index (χ0v) is 18.3. The lowest BCUT2D eigenvalue weighted by molar-refractivity contribution is -0.119. The molecule has 1 heterocycles. The smallest absolute Gasteiger partial charge is 0.240 e. The maximum atomic E-state index is 12.4. The van der Waals surface area contributed by atoms with E-state index >= 15 is 0 Å². The third kappa shape index (κ3) is 5.66. The first kappa shape index (κ1) is 22.0. The Hall–Kier alpha value is -2.74. The number of benzene rings is 2. The van der Waals surface area contributed by atoms with Gasteiger partial charge in [0, 0.05) is 25.3 Å². The van der Waals surface area contributed by atoms with Crippen LogP contribution in [0.2, 0.25) is 0 Å². The number of amides is 1. The van der Waals surface area contributed by atoms with Crippen LogP contribution in [0.1, 0.15) is 18.4 Å². The Morgan fingerprint density at radius 2 is 1.90 bits per heavy atom. The molecular weight excluding hydrogens is 402 g/mol. The first-order valence-electron chi connectivity index (χ1n) is 10.1. The summed E-state index contributed by atoms with van der Waals surface area (Å²) in [6.45, 7) is 2.12. The van der Waals surface area contributed by atoms with Crippen molar-refractivity contribution >= 4 is 27.3 Å². The Morgan fingerprint density at radius 1 is 1.17 bits per heavy atom.